The lowest BCUT2D eigenvalue weighted by Crippen LogP contribution is -2.11. The van der Waals surface area contributed by atoms with Gasteiger partial charge in [0.05, 0.1) is 16.4 Å². The standard InChI is InChI=1S/C24H24Cl2N4/c1-14-6-8-16(9-7-14)23-15(2)22(19-13-21(28-27-19)24(3,4)5)29-30(23)20-11-10-17(25)12-18(20)26/h6-13H,1-5H3,(H,27,28). The molecule has 4 aromatic rings. The average molecular weight is 439 g/mol. The van der Waals surface area contributed by atoms with E-state index >= 15 is 0 Å². The van der Waals surface area contributed by atoms with Crippen LogP contribution in [0.25, 0.3) is 28.3 Å². The van der Waals surface area contributed by atoms with Crippen molar-refractivity contribution in [2.24, 2.45) is 0 Å². The van der Waals surface area contributed by atoms with E-state index in [0.29, 0.717) is 10.0 Å². The lowest BCUT2D eigenvalue weighted by molar-refractivity contribution is 0.567. The number of hydrogen-bond donors (Lipinski definition) is 1. The number of halogens is 2. The molecule has 2 heterocycles. The largest absolute Gasteiger partial charge is 0.281 e. The molecular formula is C24H24Cl2N4. The topological polar surface area (TPSA) is 46.5 Å². The van der Waals surface area contributed by atoms with Crippen LogP contribution in [0.2, 0.25) is 10.0 Å². The lowest BCUT2D eigenvalue weighted by atomic mass is 9.92. The molecule has 0 aliphatic carbocycles. The number of nitrogens with one attached hydrogen (secondary N) is 1. The van der Waals surface area contributed by atoms with Crippen LogP contribution in [0.1, 0.15) is 37.6 Å². The van der Waals surface area contributed by atoms with Crippen molar-refractivity contribution in [3.63, 3.8) is 0 Å². The predicted octanol–water partition coefficient (Wildman–Crippen LogP) is 7.15. The molecule has 30 heavy (non-hydrogen) atoms. The van der Waals surface area contributed by atoms with E-state index in [1.165, 1.54) is 5.56 Å². The first kappa shape index (κ1) is 20.7. The quantitative estimate of drug-likeness (QED) is 0.368. The van der Waals surface area contributed by atoms with Crippen LogP contribution in [0.4, 0.5) is 0 Å². The van der Waals surface area contributed by atoms with Crippen molar-refractivity contribution >= 4 is 23.2 Å². The fraction of sp³-hybridized carbons (Fsp3) is 0.250. The first-order valence-electron chi connectivity index (χ1n) is 9.83. The van der Waals surface area contributed by atoms with Gasteiger partial charge in [0.1, 0.15) is 11.4 Å². The minimum Gasteiger partial charge on any atom is -0.281 e. The molecule has 154 valence electrons. The average Bonchev–Trinajstić information content (AvgIpc) is 3.28. The highest BCUT2D eigenvalue weighted by Gasteiger charge is 2.23. The van der Waals surface area contributed by atoms with E-state index in [9.17, 15) is 0 Å². The van der Waals surface area contributed by atoms with Gasteiger partial charge in [-0.25, -0.2) is 4.68 Å². The zero-order valence-electron chi connectivity index (χ0n) is 17.7. The van der Waals surface area contributed by atoms with Crippen molar-refractivity contribution in [2.45, 2.75) is 40.0 Å². The summed E-state index contributed by atoms with van der Waals surface area (Å²) < 4.78 is 1.89. The molecule has 1 N–H and O–H groups in total. The van der Waals surface area contributed by atoms with Gasteiger partial charge in [0.2, 0.25) is 0 Å². The molecule has 0 aliphatic rings. The summed E-state index contributed by atoms with van der Waals surface area (Å²) in [7, 11) is 0. The van der Waals surface area contributed by atoms with Crippen molar-refractivity contribution in [1.29, 1.82) is 0 Å². The van der Waals surface area contributed by atoms with E-state index in [4.69, 9.17) is 28.3 Å². The van der Waals surface area contributed by atoms with E-state index in [-0.39, 0.29) is 5.41 Å². The molecule has 2 aromatic carbocycles. The van der Waals surface area contributed by atoms with Crippen LogP contribution in [0.15, 0.2) is 48.5 Å². The molecule has 0 bridgehead atoms. The Bertz CT molecular complexity index is 1210. The van der Waals surface area contributed by atoms with Crippen molar-refractivity contribution in [3.05, 3.63) is 75.4 Å². The molecule has 4 rings (SSSR count). The number of H-pyrrole nitrogens is 1. The second-order valence-electron chi connectivity index (χ2n) is 8.61. The second kappa shape index (κ2) is 7.60. The van der Waals surface area contributed by atoms with E-state index in [1.807, 2.05) is 16.8 Å². The van der Waals surface area contributed by atoms with Crippen LogP contribution >= 0.6 is 23.2 Å². The molecule has 4 nitrogen and oxygen atoms in total. The molecule has 6 heteroatoms. The molecule has 0 unspecified atom stereocenters. The van der Waals surface area contributed by atoms with Gasteiger partial charge in [0.25, 0.3) is 0 Å². The Morgan fingerprint density at radius 1 is 0.933 bits per heavy atom. The van der Waals surface area contributed by atoms with Crippen LogP contribution in [0.3, 0.4) is 0 Å². The fourth-order valence-corrected chi connectivity index (χ4v) is 3.93. The number of aryl methyl sites for hydroxylation is 1. The number of rotatable bonds is 3. The minimum atomic E-state index is -0.0268. The SMILES string of the molecule is Cc1ccc(-c2c(C)c(-c3cc(C(C)(C)C)[nH]n3)nn2-c2ccc(Cl)cc2Cl)cc1. The van der Waals surface area contributed by atoms with Crippen LogP contribution in [-0.4, -0.2) is 20.0 Å². The monoisotopic (exact) mass is 438 g/mol. The molecule has 0 radical (unpaired) electrons. The summed E-state index contributed by atoms with van der Waals surface area (Å²) in [4.78, 5) is 0. The summed E-state index contributed by atoms with van der Waals surface area (Å²) in [5, 5.41) is 13.8. The third kappa shape index (κ3) is 3.78. The zero-order chi connectivity index (χ0) is 21.6. The molecule has 2 aromatic heterocycles. The van der Waals surface area contributed by atoms with Gasteiger partial charge in [-0.05, 0) is 38.1 Å². The van der Waals surface area contributed by atoms with Crippen LogP contribution < -0.4 is 0 Å². The van der Waals surface area contributed by atoms with Crippen LogP contribution in [0.5, 0.6) is 0 Å². The summed E-state index contributed by atoms with van der Waals surface area (Å²) >= 11 is 12.7. The molecule has 0 saturated carbocycles. The van der Waals surface area contributed by atoms with Gasteiger partial charge in [-0.2, -0.15) is 10.2 Å². The van der Waals surface area contributed by atoms with Gasteiger partial charge in [-0.15, -0.1) is 0 Å². The second-order valence-corrected chi connectivity index (χ2v) is 9.46. The number of aromatic nitrogens is 4. The molecule has 0 amide bonds. The highest BCUT2D eigenvalue weighted by molar-refractivity contribution is 6.35. The maximum absolute atomic E-state index is 6.55. The van der Waals surface area contributed by atoms with Crippen molar-refractivity contribution in [1.82, 2.24) is 20.0 Å². The Morgan fingerprint density at radius 3 is 2.23 bits per heavy atom. The van der Waals surface area contributed by atoms with Gasteiger partial charge in [-0.3, -0.25) is 5.10 Å². The molecule has 0 atom stereocenters. The van der Waals surface area contributed by atoms with Gasteiger partial charge in [-0.1, -0.05) is 73.8 Å². The van der Waals surface area contributed by atoms with Crippen LogP contribution in [0, 0.1) is 13.8 Å². The zero-order valence-corrected chi connectivity index (χ0v) is 19.2. The third-order valence-electron chi connectivity index (χ3n) is 5.21. The summed E-state index contributed by atoms with van der Waals surface area (Å²) in [6.07, 6.45) is 0. The van der Waals surface area contributed by atoms with E-state index < -0.39 is 0 Å². The Kier molecular flexibility index (Phi) is 5.25. The first-order valence-corrected chi connectivity index (χ1v) is 10.6. The molecule has 0 fully saturated rings. The van der Waals surface area contributed by atoms with Gasteiger partial charge in [0, 0.05) is 27.3 Å². The highest BCUT2D eigenvalue weighted by Crippen LogP contribution is 2.36. The summed E-state index contributed by atoms with van der Waals surface area (Å²) in [5.74, 6) is 0. The maximum atomic E-state index is 6.55. The first-order chi connectivity index (χ1) is 14.1. The number of benzene rings is 2. The molecule has 0 saturated heterocycles. The molecule has 0 spiro atoms. The Balaban J connectivity index is 1.95. The van der Waals surface area contributed by atoms with E-state index in [1.54, 1.807) is 6.07 Å². The number of aromatic amines is 1. The fourth-order valence-electron chi connectivity index (χ4n) is 3.44. The number of hydrogen-bond acceptors (Lipinski definition) is 2. The lowest BCUT2D eigenvalue weighted by Gasteiger charge is -2.14. The smallest absolute Gasteiger partial charge is 0.117 e. The van der Waals surface area contributed by atoms with E-state index in [0.717, 1.165) is 39.6 Å². The van der Waals surface area contributed by atoms with Crippen molar-refractivity contribution in [3.8, 4) is 28.3 Å². The Hall–Kier alpha value is -2.56. The Morgan fingerprint density at radius 2 is 1.63 bits per heavy atom. The molecular weight excluding hydrogens is 415 g/mol. The summed E-state index contributed by atoms with van der Waals surface area (Å²) in [5.41, 5.74) is 7.74. The van der Waals surface area contributed by atoms with Crippen molar-refractivity contribution in [2.75, 3.05) is 0 Å². The highest BCUT2D eigenvalue weighted by atomic mass is 35.5. The van der Waals surface area contributed by atoms with Crippen LogP contribution in [-0.2, 0) is 5.41 Å². The maximum Gasteiger partial charge on any atom is 0.117 e. The summed E-state index contributed by atoms with van der Waals surface area (Å²) in [6.45, 7) is 10.6. The summed E-state index contributed by atoms with van der Waals surface area (Å²) in [6, 6.07) is 15.9. The molecule has 0 aliphatic heterocycles. The Labute approximate surface area is 186 Å². The van der Waals surface area contributed by atoms with Gasteiger partial charge >= 0.3 is 0 Å². The van der Waals surface area contributed by atoms with Gasteiger partial charge in [0.15, 0.2) is 0 Å². The predicted molar refractivity (Wildman–Crippen MR) is 125 cm³/mol. The third-order valence-corrected chi connectivity index (χ3v) is 5.75. The van der Waals surface area contributed by atoms with Crippen molar-refractivity contribution < 1.29 is 0 Å². The normalized spacial score (nSPS) is 11.8. The van der Waals surface area contributed by atoms with Gasteiger partial charge < -0.3 is 0 Å². The number of nitrogens with zero attached hydrogens (tertiary/aromatic N) is 3. The van der Waals surface area contributed by atoms with E-state index in [2.05, 4.69) is 75.1 Å². The minimum absolute atomic E-state index is 0.0268.